The molecule has 162 valence electrons. The SMILES string of the molecule is CC.CCC12C[C@H](CCOC3(OC)CCCCC3)OC1CC[C@H](CCC#N)O2. The van der Waals surface area contributed by atoms with Crippen LogP contribution in [-0.2, 0) is 18.9 Å². The molecule has 0 radical (unpaired) electrons. The van der Waals surface area contributed by atoms with Crippen LogP contribution in [0.15, 0.2) is 0 Å². The molecule has 4 atom stereocenters. The molecule has 3 fully saturated rings. The summed E-state index contributed by atoms with van der Waals surface area (Å²) in [4.78, 5) is 0. The van der Waals surface area contributed by atoms with Gasteiger partial charge in [0.1, 0.15) is 0 Å². The van der Waals surface area contributed by atoms with Crippen molar-refractivity contribution in [2.75, 3.05) is 13.7 Å². The normalized spacial score (nSPS) is 34.0. The summed E-state index contributed by atoms with van der Waals surface area (Å²) in [6.45, 7) is 6.88. The van der Waals surface area contributed by atoms with Crippen molar-refractivity contribution in [3.05, 3.63) is 0 Å². The lowest BCUT2D eigenvalue weighted by molar-refractivity contribution is -0.240. The van der Waals surface area contributed by atoms with Gasteiger partial charge in [0.25, 0.3) is 0 Å². The predicted octanol–water partition coefficient (Wildman–Crippen LogP) is 5.52. The number of nitriles is 1. The summed E-state index contributed by atoms with van der Waals surface area (Å²) < 4.78 is 24.7. The molecule has 0 N–H and O–H groups in total. The minimum atomic E-state index is -0.370. The van der Waals surface area contributed by atoms with Crippen LogP contribution in [0.1, 0.15) is 97.8 Å². The highest BCUT2D eigenvalue weighted by Gasteiger charge is 2.51. The van der Waals surface area contributed by atoms with Crippen LogP contribution >= 0.6 is 0 Å². The van der Waals surface area contributed by atoms with Crippen LogP contribution in [0.2, 0.25) is 0 Å². The van der Waals surface area contributed by atoms with Crippen LogP contribution in [0.5, 0.6) is 0 Å². The van der Waals surface area contributed by atoms with E-state index >= 15 is 0 Å². The summed E-state index contributed by atoms with van der Waals surface area (Å²) in [6.07, 6.45) is 12.5. The molecule has 0 amide bonds. The van der Waals surface area contributed by atoms with E-state index in [0.717, 1.165) is 51.4 Å². The Hall–Kier alpha value is -0.670. The van der Waals surface area contributed by atoms with Crippen LogP contribution in [0.25, 0.3) is 0 Å². The summed E-state index contributed by atoms with van der Waals surface area (Å²) in [6, 6.07) is 2.24. The second-order valence-corrected chi connectivity index (χ2v) is 8.20. The Kier molecular flexibility index (Phi) is 9.69. The first-order valence-electron chi connectivity index (χ1n) is 11.5. The van der Waals surface area contributed by atoms with Gasteiger partial charge in [-0.05, 0) is 44.9 Å². The number of methoxy groups -OCH3 is 1. The van der Waals surface area contributed by atoms with Gasteiger partial charge in [-0.1, -0.05) is 27.2 Å². The number of nitrogens with zero attached hydrogens (tertiary/aromatic N) is 1. The molecule has 3 aliphatic rings. The van der Waals surface area contributed by atoms with Gasteiger partial charge >= 0.3 is 0 Å². The summed E-state index contributed by atoms with van der Waals surface area (Å²) in [5.41, 5.74) is -0.160. The summed E-state index contributed by atoms with van der Waals surface area (Å²) >= 11 is 0. The van der Waals surface area contributed by atoms with Gasteiger partial charge in [0.15, 0.2) is 5.79 Å². The minimum Gasteiger partial charge on any atom is -0.372 e. The molecule has 3 rings (SSSR count). The molecule has 0 spiro atoms. The number of hydrogen-bond acceptors (Lipinski definition) is 5. The van der Waals surface area contributed by atoms with Crippen molar-refractivity contribution in [3.63, 3.8) is 0 Å². The van der Waals surface area contributed by atoms with E-state index in [1.165, 1.54) is 19.3 Å². The Morgan fingerprint density at radius 1 is 1.07 bits per heavy atom. The molecular formula is C23H41NO4. The van der Waals surface area contributed by atoms with Crippen LogP contribution < -0.4 is 0 Å². The van der Waals surface area contributed by atoms with Crippen molar-refractivity contribution in [1.82, 2.24) is 0 Å². The van der Waals surface area contributed by atoms with Gasteiger partial charge in [0.2, 0.25) is 0 Å². The standard InChI is InChI=1S/C21H35NO4.C2H6/c1-3-20-16-18(11-15-24-21(23-2)12-5-4-6-13-21)25-19(20)10-9-17(26-20)8-7-14-22;1-2/h17-19H,3-13,15-16H2,1-2H3;1-2H3/t17-,18-,19?,20?;/m0./s1. The van der Waals surface area contributed by atoms with E-state index in [1.807, 2.05) is 13.8 Å². The monoisotopic (exact) mass is 395 g/mol. The zero-order chi connectivity index (χ0) is 20.5. The number of rotatable bonds is 8. The molecule has 0 aromatic rings. The predicted molar refractivity (Wildman–Crippen MR) is 110 cm³/mol. The average Bonchev–Trinajstić information content (AvgIpc) is 3.12. The van der Waals surface area contributed by atoms with Crippen molar-refractivity contribution in [1.29, 1.82) is 5.26 Å². The topological polar surface area (TPSA) is 60.7 Å². The first-order valence-corrected chi connectivity index (χ1v) is 11.5. The maximum atomic E-state index is 8.84. The van der Waals surface area contributed by atoms with Crippen molar-refractivity contribution in [2.24, 2.45) is 0 Å². The van der Waals surface area contributed by atoms with Crippen LogP contribution in [0.3, 0.4) is 0 Å². The van der Waals surface area contributed by atoms with Crippen LogP contribution in [0.4, 0.5) is 0 Å². The fourth-order valence-electron chi connectivity index (χ4n) is 5.03. The second kappa shape index (κ2) is 11.5. The van der Waals surface area contributed by atoms with Crippen molar-refractivity contribution in [2.45, 2.75) is 128 Å². The highest BCUT2D eigenvalue weighted by Crippen LogP contribution is 2.45. The van der Waals surface area contributed by atoms with E-state index in [9.17, 15) is 0 Å². The van der Waals surface area contributed by atoms with Gasteiger partial charge in [-0.15, -0.1) is 0 Å². The number of fused-ring (bicyclic) bond motifs is 1. The van der Waals surface area contributed by atoms with Crippen molar-refractivity contribution >= 4 is 0 Å². The van der Waals surface area contributed by atoms with E-state index in [0.29, 0.717) is 13.0 Å². The number of hydrogen-bond donors (Lipinski definition) is 0. The van der Waals surface area contributed by atoms with Gasteiger partial charge in [0, 0.05) is 32.8 Å². The zero-order valence-corrected chi connectivity index (χ0v) is 18.5. The molecule has 0 aromatic heterocycles. The smallest absolute Gasteiger partial charge is 0.167 e. The molecule has 5 heteroatoms. The molecule has 1 aliphatic carbocycles. The van der Waals surface area contributed by atoms with Gasteiger partial charge in [0.05, 0.1) is 36.6 Å². The molecular weight excluding hydrogens is 354 g/mol. The van der Waals surface area contributed by atoms with Gasteiger partial charge < -0.3 is 18.9 Å². The Bertz CT molecular complexity index is 485. The van der Waals surface area contributed by atoms with Gasteiger partial charge in [-0.2, -0.15) is 5.26 Å². The molecule has 2 aliphatic heterocycles. The van der Waals surface area contributed by atoms with E-state index < -0.39 is 0 Å². The largest absolute Gasteiger partial charge is 0.372 e. The maximum Gasteiger partial charge on any atom is 0.167 e. The van der Waals surface area contributed by atoms with E-state index in [1.54, 1.807) is 7.11 Å². The molecule has 2 unspecified atom stereocenters. The highest BCUT2D eigenvalue weighted by molar-refractivity contribution is 5.00. The average molecular weight is 396 g/mol. The lowest BCUT2D eigenvalue weighted by atomic mass is 9.83. The van der Waals surface area contributed by atoms with Crippen LogP contribution in [0, 0.1) is 11.3 Å². The Morgan fingerprint density at radius 3 is 2.46 bits per heavy atom. The minimum absolute atomic E-state index is 0.160. The quantitative estimate of drug-likeness (QED) is 0.507. The summed E-state index contributed by atoms with van der Waals surface area (Å²) in [7, 11) is 1.77. The van der Waals surface area contributed by atoms with Crippen LogP contribution in [-0.4, -0.2) is 43.4 Å². The number of ether oxygens (including phenoxy) is 4. The first kappa shape index (κ1) is 23.6. The molecule has 2 saturated heterocycles. The lowest BCUT2D eigenvalue weighted by Crippen LogP contribution is -2.47. The second-order valence-electron chi connectivity index (χ2n) is 8.20. The molecule has 5 nitrogen and oxygen atoms in total. The third kappa shape index (κ3) is 5.69. The Morgan fingerprint density at radius 2 is 1.82 bits per heavy atom. The van der Waals surface area contributed by atoms with E-state index in [4.69, 9.17) is 24.2 Å². The fourth-order valence-corrected chi connectivity index (χ4v) is 5.03. The zero-order valence-electron chi connectivity index (χ0n) is 18.5. The molecule has 0 bridgehead atoms. The summed E-state index contributed by atoms with van der Waals surface area (Å²) in [5, 5.41) is 8.84. The first-order chi connectivity index (χ1) is 13.7. The maximum absolute atomic E-state index is 8.84. The molecule has 2 heterocycles. The highest BCUT2D eigenvalue weighted by atomic mass is 16.7. The van der Waals surface area contributed by atoms with E-state index in [-0.39, 0.29) is 29.7 Å². The third-order valence-electron chi connectivity index (χ3n) is 6.64. The van der Waals surface area contributed by atoms with Crippen molar-refractivity contribution < 1.29 is 18.9 Å². The third-order valence-corrected chi connectivity index (χ3v) is 6.64. The Balaban J connectivity index is 0.00000136. The van der Waals surface area contributed by atoms with Gasteiger partial charge in [-0.25, -0.2) is 0 Å². The van der Waals surface area contributed by atoms with Gasteiger partial charge in [-0.3, -0.25) is 0 Å². The molecule has 1 saturated carbocycles. The fraction of sp³-hybridized carbons (Fsp3) is 0.957. The van der Waals surface area contributed by atoms with Crippen molar-refractivity contribution in [3.8, 4) is 6.07 Å². The Labute approximate surface area is 172 Å². The van der Waals surface area contributed by atoms with E-state index in [2.05, 4.69) is 13.0 Å². The molecule has 28 heavy (non-hydrogen) atoms. The summed E-state index contributed by atoms with van der Waals surface area (Å²) in [5.74, 6) is -0.370. The molecule has 0 aromatic carbocycles. The lowest BCUT2D eigenvalue weighted by Gasteiger charge is -2.41.